The molecule has 0 amide bonds. The first kappa shape index (κ1) is 10.7. The Bertz CT molecular complexity index is 111. The van der Waals surface area contributed by atoms with Crippen LogP contribution in [0.2, 0.25) is 0 Å². The average molecular weight is 154 g/mol. The van der Waals surface area contributed by atoms with Crippen LogP contribution in [0.5, 0.6) is 0 Å². The molecule has 0 radical (unpaired) electrons. The Labute approximate surface area is 71.7 Å². The first-order valence-corrected chi connectivity index (χ1v) is 4.75. The summed E-state index contributed by atoms with van der Waals surface area (Å²) < 4.78 is 0. The van der Waals surface area contributed by atoms with Crippen molar-refractivity contribution in [2.24, 2.45) is 11.8 Å². The van der Waals surface area contributed by atoms with Gasteiger partial charge in [0.1, 0.15) is 0 Å². The van der Waals surface area contributed by atoms with Gasteiger partial charge in [-0.05, 0) is 18.3 Å². The average Bonchev–Trinajstić information content (AvgIpc) is 1.87. The molecule has 0 saturated carbocycles. The van der Waals surface area contributed by atoms with E-state index < -0.39 is 0 Å². The second-order valence-electron chi connectivity index (χ2n) is 3.91. The SMILES string of the molecule is C=C(CC(C)CCC)C(C)C. The molecule has 66 valence electrons. The molecule has 0 spiro atoms. The molecule has 11 heavy (non-hydrogen) atoms. The van der Waals surface area contributed by atoms with Crippen LogP contribution in [0.15, 0.2) is 12.2 Å². The maximum Gasteiger partial charge on any atom is -0.0263 e. The summed E-state index contributed by atoms with van der Waals surface area (Å²) >= 11 is 0. The third-order valence-electron chi connectivity index (χ3n) is 2.21. The van der Waals surface area contributed by atoms with Crippen molar-refractivity contribution in [3.05, 3.63) is 12.2 Å². The van der Waals surface area contributed by atoms with E-state index in [1.165, 1.54) is 24.8 Å². The number of hydrogen-bond donors (Lipinski definition) is 0. The van der Waals surface area contributed by atoms with Crippen LogP contribution >= 0.6 is 0 Å². The Balaban J connectivity index is 3.57. The summed E-state index contributed by atoms with van der Waals surface area (Å²) in [6.07, 6.45) is 3.85. The second kappa shape index (κ2) is 5.40. The van der Waals surface area contributed by atoms with E-state index in [1.54, 1.807) is 0 Å². The lowest BCUT2D eigenvalue weighted by molar-refractivity contribution is 0.498. The van der Waals surface area contributed by atoms with Gasteiger partial charge in [0.05, 0.1) is 0 Å². The van der Waals surface area contributed by atoms with E-state index in [0.29, 0.717) is 5.92 Å². The smallest absolute Gasteiger partial charge is 0.0263 e. The van der Waals surface area contributed by atoms with Gasteiger partial charge in [-0.15, -0.1) is 0 Å². The molecular weight excluding hydrogens is 132 g/mol. The van der Waals surface area contributed by atoms with E-state index in [2.05, 4.69) is 34.3 Å². The Morgan fingerprint density at radius 1 is 1.27 bits per heavy atom. The van der Waals surface area contributed by atoms with Crippen LogP contribution < -0.4 is 0 Å². The molecule has 0 N–H and O–H groups in total. The zero-order valence-electron chi connectivity index (χ0n) is 8.48. The molecule has 1 unspecified atom stereocenters. The van der Waals surface area contributed by atoms with Gasteiger partial charge < -0.3 is 0 Å². The Hall–Kier alpha value is -0.260. The van der Waals surface area contributed by atoms with Crippen LogP contribution in [0.1, 0.15) is 47.0 Å². The minimum absolute atomic E-state index is 0.661. The van der Waals surface area contributed by atoms with Gasteiger partial charge in [0, 0.05) is 0 Å². The standard InChI is InChI=1S/C11H22/c1-6-7-10(4)8-11(5)9(2)3/h9-10H,5-8H2,1-4H3. The van der Waals surface area contributed by atoms with E-state index >= 15 is 0 Å². The lowest BCUT2D eigenvalue weighted by Gasteiger charge is -2.14. The van der Waals surface area contributed by atoms with Crippen LogP contribution in [0, 0.1) is 11.8 Å². The molecule has 0 heterocycles. The van der Waals surface area contributed by atoms with Crippen LogP contribution in [-0.4, -0.2) is 0 Å². The summed E-state index contributed by atoms with van der Waals surface area (Å²) in [7, 11) is 0. The van der Waals surface area contributed by atoms with Crippen molar-refractivity contribution in [2.75, 3.05) is 0 Å². The van der Waals surface area contributed by atoms with Crippen LogP contribution in [0.4, 0.5) is 0 Å². The molecule has 0 aromatic carbocycles. The minimum atomic E-state index is 0.661. The molecule has 0 fully saturated rings. The van der Waals surface area contributed by atoms with Crippen molar-refractivity contribution in [3.63, 3.8) is 0 Å². The maximum atomic E-state index is 4.08. The highest BCUT2D eigenvalue weighted by Crippen LogP contribution is 2.20. The Kier molecular flexibility index (Phi) is 5.27. The van der Waals surface area contributed by atoms with Gasteiger partial charge in [-0.3, -0.25) is 0 Å². The minimum Gasteiger partial charge on any atom is -0.0996 e. The van der Waals surface area contributed by atoms with Gasteiger partial charge in [0.2, 0.25) is 0 Å². The molecule has 0 nitrogen and oxygen atoms in total. The van der Waals surface area contributed by atoms with Crippen molar-refractivity contribution in [3.8, 4) is 0 Å². The first-order chi connectivity index (χ1) is 5.07. The summed E-state index contributed by atoms with van der Waals surface area (Å²) in [4.78, 5) is 0. The van der Waals surface area contributed by atoms with Gasteiger partial charge in [-0.1, -0.05) is 52.7 Å². The zero-order chi connectivity index (χ0) is 8.85. The topological polar surface area (TPSA) is 0 Å². The normalized spacial score (nSPS) is 13.5. The molecule has 0 aliphatic rings. The highest BCUT2D eigenvalue weighted by molar-refractivity contribution is 4.98. The Morgan fingerprint density at radius 2 is 1.82 bits per heavy atom. The molecule has 0 heteroatoms. The summed E-state index contributed by atoms with van der Waals surface area (Å²) in [5.41, 5.74) is 1.41. The van der Waals surface area contributed by atoms with Crippen molar-refractivity contribution in [2.45, 2.75) is 47.0 Å². The molecule has 0 aromatic rings. The van der Waals surface area contributed by atoms with Crippen molar-refractivity contribution >= 4 is 0 Å². The van der Waals surface area contributed by atoms with Gasteiger partial charge in [-0.25, -0.2) is 0 Å². The third-order valence-corrected chi connectivity index (χ3v) is 2.21. The van der Waals surface area contributed by atoms with Gasteiger partial charge in [-0.2, -0.15) is 0 Å². The van der Waals surface area contributed by atoms with Crippen molar-refractivity contribution < 1.29 is 0 Å². The number of hydrogen-bond acceptors (Lipinski definition) is 0. The second-order valence-corrected chi connectivity index (χ2v) is 3.91. The van der Waals surface area contributed by atoms with Crippen molar-refractivity contribution in [1.82, 2.24) is 0 Å². The number of rotatable bonds is 5. The lowest BCUT2D eigenvalue weighted by atomic mass is 9.92. The fraction of sp³-hybridized carbons (Fsp3) is 0.818. The molecule has 1 atom stereocenters. The maximum absolute atomic E-state index is 4.08. The molecule has 0 aliphatic heterocycles. The van der Waals surface area contributed by atoms with Crippen LogP contribution in [-0.2, 0) is 0 Å². The molecule has 0 bridgehead atoms. The summed E-state index contributed by atoms with van der Waals surface area (Å²) in [5.74, 6) is 1.49. The molecular formula is C11H22. The van der Waals surface area contributed by atoms with Crippen LogP contribution in [0.3, 0.4) is 0 Å². The molecule has 0 aliphatic carbocycles. The van der Waals surface area contributed by atoms with E-state index in [4.69, 9.17) is 0 Å². The zero-order valence-corrected chi connectivity index (χ0v) is 8.48. The number of allylic oxidation sites excluding steroid dienone is 1. The highest BCUT2D eigenvalue weighted by atomic mass is 14.1. The van der Waals surface area contributed by atoms with Gasteiger partial charge in [0.25, 0.3) is 0 Å². The summed E-state index contributed by atoms with van der Waals surface area (Å²) in [6.45, 7) is 13.1. The largest absolute Gasteiger partial charge is 0.0996 e. The monoisotopic (exact) mass is 154 g/mol. The summed E-state index contributed by atoms with van der Waals surface area (Å²) in [5, 5.41) is 0. The third kappa shape index (κ3) is 5.06. The Morgan fingerprint density at radius 3 is 2.18 bits per heavy atom. The van der Waals surface area contributed by atoms with E-state index in [9.17, 15) is 0 Å². The molecule has 0 rings (SSSR count). The first-order valence-electron chi connectivity index (χ1n) is 4.75. The van der Waals surface area contributed by atoms with E-state index in [-0.39, 0.29) is 0 Å². The molecule has 0 aromatic heterocycles. The van der Waals surface area contributed by atoms with E-state index in [0.717, 1.165) is 5.92 Å². The highest BCUT2D eigenvalue weighted by Gasteiger charge is 2.05. The predicted octanol–water partition coefficient (Wildman–Crippen LogP) is 4.02. The van der Waals surface area contributed by atoms with Crippen LogP contribution in [0.25, 0.3) is 0 Å². The van der Waals surface area contributed by atoms with E-state index in [1.807, 2.05) is 0 Å². The van der Waals surface area contributed by atoms with Crippen molar-refractivity contribution in [1.29, 1.82) is 0 Å². The fourth-order valence-corrected chi connectivity index (χ4v) is 1.28. The molecule has 0 saturated heterocycles. The quantitative estimate of drug-likeness (QED) is 0.524. The summed E-state index contributed by atoms with van der Waals surface area (Å²) in [6, 6.07) is 0. The predicted molar refractivity (Wildman–Crippen MR) is 52.7 cm³/mol. The van der Waals surface area contributed by atoms with Gasteiger partial charge >= 0.3 is 0 Å². The fourth-order valence-electron chi connectivity index (χ4n) is 1.28. The lowest BCUT2D eigenvalue weighted by Crippen LogP contribution is -2.00. The van der Waals surface area contributed by atoms with Gasteiger partial charge in [0.15, 0.2) is 0 Å².